The van der Waals surface area contributed by atoms with E-state index in [9.17, 15) is 4.79 Å². The van der Waals surface area contributed by atoms with Gasteiger partial charge in [-0.15, -0.1) is 0 Å². The van der Waals surface area contributed by atoms with Gasteiger partial charge in [0.2, 0.25) is 5.91 Å². The molecular formula is C13H17N3O. The molecule has 1 unspecified atom stereocenters. The van der Waals surface area contributed by atoms with Gasteiger partial charge in [-0.3, -0.25) is 9.78 Å². The first-order valence-electron chi connectivity index (χ1n) is 5.72. The van der Waals surface area contributed by atoms with E-state index in [0.29, 0.717) is 13.0 Å². The van der Waals surface area contributed by atoms with E-state index >= 15 is 0 Å². The van der Waals surface area contributed by atoms with Gasteiger partial charge in [-0.1, -0.05) is 6.92 Å². The highest BCUT2D eigenvalue weighted by atomic mass is 16.2. The van der Waals surface area contributed by atoms with Crippen LogP contribution < -0.4 is 0 Å². The molecule has 4 nitrogen and oxygen atoms in total. The molecule has 4 heteroatoms. The van der Waals surface area contributed by atoms with E-state index in [-0.39, 0.29) is 5.91 Å². The van der Waals surface area contributed by atoms with Crippen LogP contribution in [0.2, 0.25) is 0 Å². The Kier molecular flexibility index (Phi) is 5.15. The lowest BCUT2D eigenvalue weighted by atomic mass is 10.1. The molecular weight excluding hydrogens is 214 g/mol. The SMILES string of the molecule is CCC(C#N)C(=O)N(C)CCc1ccncc1. The summed E-state index contributed by atoms with van der Waals surface area (Å²) in [6.07, 6.45) is 4.82. The lowest BCUT2D eigenvalue weighted by molar-refractivity contribution is -0.132. The van der Waals surface area contributed by atoms with Crippen molar-refractivity contribution in [2.24, 2.45) is 5.92 Å². The molecule has 17 heavy (non-hydrogen) atoms. The van der Waals surface area contributed by atoms with Gasteiger partial charge in [-0.05, 0) is 30.5 Å². The summed E-state index contributed by atoms with van der Waals surface area (Å²) in [5.41, 5.74) is 1.14. The quantitative estimate of drug-likeness (QED) is 0.774. The van der Waals surface area contributed by atoms with Crippen LogP contribution in [0.4, 0.5) is 0 Å². The summed E-state index contributed by atoms with van der Waals surface area (Å²) in [5, 5.41) is 8.82. The molecule has 90 valence electrons. The average molecular weight is 231 g/mol. The van der Waals surface area contributed by atoms with Gasteiger partial charge in [0.25, 0.3) is 0 Å². The maximum absolute atomic E-state index is 11.8. The number of hydrogen-bond acceptors (Lipinski definition) is 3. The zero-order valence-corrected chi connectivity index (χ0v) is 10.3. The highest BCUT2D eigenvalue weighted by Crippen LogP contribution is 2.06. The van der Waals surface area contributed by atoms with Gasteiger partial charge in [0.15, 0.2) is 0 Å². The number of rotatable bonds is 5. The molecule has 1 atom stereocenters. The Hall–Kier alpha value is -1.89. The number of carbonyl (C=O) groups is 1. The monoisotopic (exact) mass is 231 g/mol. The van der Waals surface area contributed by atoms with Gasteiger partial charge in [-0.2, -0.15) is 5.26 Å². The van der Waals surface area contributed by atoms with Gasteiger partial charge >= 0.3 is 0 Å². The first-order chi connectivity index (χ1) is 8.19. The van der Waals surface area contributed by atoms with E-state index in [0.717, 1.165) is 12.0 Å². The molecule has 0 aliphatic heterocycles. The zero-order valence-electron chi connectivity index (χ0n) is 10.3. The predicted molar refractivity (Wildman–Crippen MR) is 65.0 cm³/mol. The fourth-order valence-electron chi connectivity index (χ4n) is 1.54. The summed E-state index contributed by atoms with van der Waals surface area (Å²) < 4.78 is 0. The third-order valence-electron chi connectivity index (χ3n) is 2.72. The second-order valence-corrected chi connectivity index (χ2v) is 3.96. The number of amides is 1. The number of hydrogen-bond donors (Lipinski definition) is 0. The van der Waals surface area contributed by atoms with Crippen molar-refractivity contribution in [2.45, 2.75) is 19.8 Å². The lowest BCUT2D eigenvalue weighted by Crippen LogP contribution is -2.33. The van der Waals surface area contributed by atoms with Gasteiger partial charge in [0.05, 0.1) is 6.07 Å². The van der Waals surface area contributed by atoms with Crippen LogP contribution in [0.5, 0.6) is 0 Å². The molecule has 1 aromatic rings. The van der Waals surface area contributed by atoms with Crippen LogP contribution in [0.3, 0.4) is 0 Å². The number of likely N-dealkylation sites (N-methyl/N-ethyl adjacent to an activating group) is 1. The largest absolute Gasteiger partial charge is 0.344 e. The van der Waals surface area contributed by atoms with Crippen molar-refractivity contribution >= 4 is 5.91 Å². The third kappa shape index (κ3) is 3.87. The van der Waals surface area contributed by atoms with Gasteiger partial charge in [0, 0.05) is 26.0 Å². The van der Waals surface area contributed by atoms with Crippen molar-refractivity contribution < 1.29 is 4.79 Å². The fraction of sp³-hybridized carbons (Fsp3) is 0.462. The summed E-state index contributed by atoms with van der Waals surface area (Å²) in [6, 6.07) is 5.89. The van der Waals surface area contributed by atoms with Crippen molar-refractivity contribution in [1.82, 2.24) is 9.88 Å². The van der Waals surface area contributed by atoms with Crippen molar-refractivity contribution in [2.75, 3.05) is 13.6 Å². The van der Waals surface area contributed by atoms with E-state index in [4.69, 9.17) is 5.26 Å². The van der Waals surface area contributed by atoms with Crippen LogP contribution in [-0.4, -0.2) is 29.4 Å². The molecule has 0 radical (unpaired) electrons. The minimum atomic E-state index is -0.516. The maximum atomic E-state index is 11.8. The number of nitrogens with zero attached hydrogens (tertiary/aromatic N) is 3. The van der Waals surface area contributed by atoms with Crippen molar-refractivity contribution in [1.29, 1.82) is 5.26 Å². The average Bonchev–Trinajstić information content (AvgIpc) is 2.38. The van der Waals surface area contributed by atoms with Crippen LogP contribution in [0.25, 0.3) is 0 Å². The topological polar surface area (TPSA) is 57.0 Å². The standard InChI is InChI=1S/C13H17N3O/c1-3-12(10-14)13(17)16(2)9-6-11-4-7-15-8-5-11/h4-5,7-8,12H,3,6,9H2,1-2H3. The van der Waals surface area contributed by atoms with Gasteiger partial charge < -0.3 is 4.90 Å². The first kappa shape index (κ1) is 13.2. The van der Waals surface area contributed by atoms with Crippen molar-refractivity contribution in [3.8, 4) is 6.07 Å². The Labute approximate surface area is 102 Å². The molecule has 0 fully saturated rings. The summed E-state index contributed by atoms with van der Waals surface area (Å²) >= 11 is 0. The Morgan fingerprint density at radius 3 is 2.71 bits per heavy atom. The first-order valence-corrected chi connectivity index (χ1v) is 5.72. The molecule has 1 rings (SSSR count). The Bertz CT molecular complexity index is 397. The highest BCUT2D eigenvalue weighted by molar-refractivity contribution is 5.80. The summed E-state index contributed by atoms with van der Waals surface area (Å²) in [5.74, 6) is -0.610. The highest BCUT2D eigenvalue weighted by Gasteiger charge is 2.19. The van der Waals surface area contributed by atoms with Crippen LogP contribution in [-0.2, 0) is 11.2 Å². The van der Waals surface area contributed by atoms with E-state index in [1.54, 1.807) is 24.3 Å². The molecule has 1 amide bonds. The van der Waals surface area contributed by atoms with Crippen LogP contribution in [0, 0.1) is 17.2 Å². The van der Waals surface area contributed by atoms with Gasteiger partial charge in [-0.25, -0.2) is 0 Å². The third-order valence-corrected chi connectivity index (χ3v) is 2.72. The van der Waals surface area contributed by atoms with Crippen LogP contribution in [0.1, 0.15) is 18.9 Å². The summed E-state index contributed by atoms with van der Waals surface area (Å²) in [4.78, 5) is 17.4. The molecule has 1 heterocycles. The second kappa shape index (κ2) is 6.64. The van der Waals surface area contributed by atoms with E-state index < -0.39 is 5.92 Å². The van der Waals surface area contributed by atoms with Gasteiger partial charge in [0.1, 0.15) is 5.92 Å². The molecule has 0 saturated heterocycles. The molecule has 0 aromatic carbocycles. The van der Waals surface area contributed by atoms with E-state index in [1.165, 1.54) is 0 Å². The molecule has 0 aliphatic carbocycles. The molecule has 0 aliphatic rings. The lowest BCUT2D eigenvalue weighted by Gasteiger charge is -2.19. The summed E-state index contributed by atoms with van der Waals surface area (Å²) in [7, 11) is 1.74. The minimum absolute atomic E-state index is 0.0935. The number of carbonyl (C=O) groups excluding carboxylic acids is 1. The molecule has 0 N–H and O–H groups in total. The van der Waals surface area contributed by atoms with Crippen LogP contribution >= 0.6 is 0 Å². The van der Waals surface area contributed by atoms with E-state index in [1.807, 2.05) is 25.1 Å². The van der Waals surface area contributed by atoms with E-state index in [2.05, 4.69) is 4.98 Å². The zero-order chi connectivity index (χ0) is 12.7. The number of pyridine rings is 1. The predicted octanol–water partition coefficient (Wildman–Crippen LogP) is 1.63. The van der Waals surface area contributed by atoms with Crippen molar-refractivity contribution in [3.63, 3.8) is 0 Å². The molecule has 0 saturated carbocycles. The second-order valence-electron chi connectivity index (χ2n) is 3.96. The Morgan fingerprint density at radius 2 is 2.18 bits per heavy atom. The molecule has 0 spiro atoms. The molecule has 0 bridgehead atoms. The molecule has 1 aromatic heterocycles. The van der Waals surface area contributed by atoms with Crippen molar-refractivity contribution in [3.05, 3.63) is 30.1 Å². The minimum Gasteiger partial charge on any atom is -0.344 e. The fourth-order valence-corrected chi connectivity index (χ4v) is 1.54. The smallest absolute Gasteiger partial charge is 0.239 e. The Balaban J connectivity index is 2.48. The maximum Gasteiger partial charge on any atom is 0.239 e. The number of aromatic nitrogens is 1. The summed E-state index contributed by atoms with van der Waals surface area (Å²) in [6.45, 7) is 2.48. The Morgan fingerprint density at radius 1 is 1.53 bits per heavy atom. The number of nitriles is 1. The normalized spacial score (nSPS) is 11.6. The van der Waals surface area contributed by atoms with Crippen LogP contribution in [0.15, 0.2) is 24.5 Å².